The summed E-state index contributed by atoms with van der Waals surface area (Å²) in [7, 11) is 3.90. The van der Waals surface area contributed by atoms with Crippen LogP contribution >= 0.6 is 0 Å². The first-order valence-corrected chi connectivity index (χ1v) is 6.77. The summed E-state index contributed by atoms with van der Waals surface area (Å²) in [6, 6.07) is 6.24. The molecule has 1 amide bonds. The third-order valence-corrected chi connectivity index (χ3v) is 3.68. The van der Waals surface area contributed by atoms with Gasteiger partial charge in [-0.05, 0) is 51.2 Å². The number of piperazine rings is 1. The van der Waals surface area contributed by atoms with Gasteiger partial charge in [0.05, 0.1) is 0 Å². The number of nitrogens with zero attached hydrogens (tertiary/aromatic N) is 2. The number of benzene rings is 1. The fourth-order valence-electron chi connectivity index (χ4n) is 2.69. The number of carbonyl (C=O) groups is 1. The van der Waals surface area contributed by atoms with Crippen molar-refractivity contribution in [1.29, 1.82) is 0 Å². The van der Waals surface area contributed by atoms with Gasteiger partial charge in [0.25, 0.3) is 0 Å². The summed E-state index contributed by atoms with van der Waals surface area (Å²) in [4.78, 5) is 16.6. The van der Waals surface area contributed by atoms with Gasteiger partial charge in [-0.25, -0.2) is 0 Å². The number of rotatable bonds is 3. The Balaban J connectivity index is 2.27. The van der Waals surface area contributed by atoms with Gasteiger partial charge in [0.15, 0.2) is 0 Å². The Morgan fingerprint density at radius 3 is 2.42 bits per heavy atom. The van der Waals surface area contributed by atoms with E-state index >= 15 is 0 Å². The second-order valence-electron chi connectivity index (χ2n) is 5.39. The summed E-state index contributed by atoms with van der Waals surface area (Å²) in [6.45, 7) is 6.50. The third kappa shape index (κ3) is 2.96. The van der Waals surface area contributed by atoms with Crippen molar-refractivity contribution < 1.29 is 4.79 Å². The molecule has 1 aromatic rings. The molecule has 1 aliphatic rings. The van der Waals surface area contributed by atoms with Crippen LogP contribution in [0.3, 0.4) is 0 Å². The summed E-state index contributed by atoms with van der Waals surface area (Å²) in [5.41, 5.74) is 3.43. The molecule has 1 atom stereocenters. The summed E-state index contributed by atoms with van der Waals surface area (Å²) in [5, 5.41) is 3.10. The Hall–Kier alpha value is -1.39. The van der Waals surface area contributed by atoms with Crippen molar-refractivity contribution in [3.8, 4) is 0 Å². The topological polar surface area (TPSA) is 35.6 Å². The van der Waals surface area contributed by atoms with E-state index in [0.29, 0.717) is 6.54 Å². The number of carbonyl (C=O) groups excluding carboxylic acids is 1. The average molecular weight is 261 g/mol. The highest BCUT2D eigenvalue weighted by molar-refractivity contribution is 5.98. The lowest BCUT2D eigenvalue weighted by molar-refractivity contribution is -0.125. The molecule has 0 radical (unpaired) electrons. The molecule has 2 rings (SSSR count). The smallest absolute Gasteiger partial charge is 0.245 e. The first kappa shape index (κ1) is 14.0. The monoisotopic (exact) mass is 261 g/mol. The van der Waals surface area contributed by atoms with Gasteiger partial charge in [-0.15, -0.1) is 0 Å². The molecule has 4 nitrogen and oxygen atoms in total. The fraction of sp³-hybridized carbons (Fsp3) is 0.533. The number of hydrogen-bond donors (Lipinski definition) is 1. The summed E-state index contributed by atoms with van der Waals surface area (Å²) in [6.07, 6.45) is 0. The molecule has 1 aliphatic heterocycles. The van der Waals surface area contributed by atoms with E-state index in [1.54, 1.807) is 0 Å². The molecule has 1 saturated heterocycles. The van der Waals surface area contributed by atoms with E-state index < -0.39 is 0 Å². The Bertz CT molecular complexity index is 452. The minimum absolute atomic E-state index is 0.0698. The van der Waals surface area contributed by atoms with E-state index in [4.69, 9.17) is 0 Å². The van der Waals surface area contributed by atoms with Crippen molar-refractivity contribution in [1.82, 2.24) is 10.2 Å². The van der Waals surface area contributed by atoms with Gasteiger partial charge in [0.1, 0.15) is 6.04 Å². The molecule has 0 spiro atoms. The lowest BCUT2D eigenvalue weighted by Crippen LogP contribution is -2.58. The first-order chi connectivity index (χ1) is 9.02. The zero-order valence-electron chi connectivity index (χ0n) is 12.2. The van der Waals surface area contributed by atoms with Crippen LogP contribution < -0.4 is 10.2 Å². The largest absolute Gasteiger partial charge is 0.318 e. The van der Waals surface area contributed by atoms with Gasteiger partial charge in [0, 0.05) is 25.3 Å². The average Bonchev–Trinajstić information content (AvgIpc) is 2.33. The Morgan fingerprint density at radius 1 is 1.21 bits per heavy atom. The van der Waals surface area contributed by atoms with Gasteiger partial charge >= 0.3 is 0 Å². The van der Waals surface area contributed by atoms with Crippen molar-refractivity contribution in [2.45, 2.75) is 19.9 Å². The molecular formula is C15H23N3O. The molecular weight excluding hydrogens is 238 g/mol. The van der Waals surface area contributed by atoms with Gasteiger partial charge in [-0.1, -0.05) is 6.07 Å². The minimum atomic E-state index is -0.0698. The lowest BCUT2D eigenvalue weighted by atomic mass is 10.1. The molecule has 1 aromatic carbocycles. The van der Waals surface area contributed by atoms with Crippen molar-refractivity contribution in [3.63, 3.8) is 0 Å². The first-order valence-electron chi connectivity index (χ1n) is 6.77. The zero-order chi connectivity index (χ0) is 14.0. The molecule has 1 heterocycles. The Kier molecular flexibility index (Phi) is 4.22. The number of amides is 1. The fourth-order valence-corrected chi connectivity index (χ4v) is 2.69. The second-order valence-corrected chi connectivity index (χ2v) is 5.39. The SMILES string of the molecule is CNCC1C(=O)N(c2cc(C)cc(C)c2)CCN1C. The predicted molar refractivity (Wildman–Crippen MR) is 78.6 cm³/mol. The normalized spacial score (nSPS) is 20.9. The van der Waals surface area contributed by atoms with Crippen LogP contribution in [0.25, 0.3) is 0 Å². The number of hydrogen-bond acceptors (Lipinski definition) is 3. The summed E-state index contributed by atoms with van der Waals surface area (Å²) >= 11 is 0. The van der Waals surface area contributed by atoms with Gasteiger partial charge in [-0.2, -0.15) is 0 Å². The molecule has 0 bridgehead atoms. The molecule has 0 aromatic heterocycles. The number of aryl methyl sites for hydroxylation is 2. The van der Waals surface area contributed by atoms with Gasteiger partial charge < -0.3 is 10.2 Å². The zero-order valence-corrected chi connectivity index (χ0v) is 12.2. The van der Waals surface area contributed by atoms with Crippen LogP contribution in [-0.4, -0.2) is 50.6 Å². The van der Waals surface area contributed by atoms with Crippen LogP contribution in [0.2, 0.25) is 0 Å². The van der Waals surface area contributed by atoms with E-state index in [0.717, 1.165) is 18.8 Å². The van der Waals surface area contributed by atoms with Crippen LogP contribution in [0, 0.1) is 13.8 Å². The number of anilines is 1. The Labute approximate surface area is 115 Å². The van der Waals surface area contributed by atoms with Crippen molar-refractivity contribution in [3.05, 3.63) is 29.3 Å². The molecule has 104 valence electrons. The molecule has 19 heavy (non-hydrogen) atoms. The van der Waals surface area contributed by atoms with Crippen LogP contribution in [0.5, 0.6) is 0 Å². The van der Waals surface area contributed by atoms with E-state index in [-0.39, 0.29) is 11.9 Å². The van der Waals surface area contributed by atoms with E-state index in [1.165, 1.54) is 11.1 Å². The van der Waals surface area contributed by atoms with Gasteiger partial charge in [-0.3, -0.25) is 9.69 Å². The molecule has 1 fully saturated rings. The Morgan fingerprint density at radius 2 is 1.84 bits per heavy atom. The predicted octanol–water partition coefficient (Wildman–Crippen LogP) is 1.17. The van der Waals surface area contributed by atoms with Crippen LogP contribution in [-0.2, 0) is 4.79 Å². The molecule has 1 N–H and O–H groups in total. The summed E-state index contributed by atoms with van der Waals surface area (Å²) in [5.74, 6) is 0.188. The van der Waals surface area contributed by atoms with Crippen molar-refractivity contribution in [2.24, 2.45) is 0 Å². The third-order valence-electron chi connectivity index (χ3n) is 3.68. The van der Waals surface area contributed by atoms with Crippen LogP contribution in [0.4, 0.5) is 5.69 Å². The maximum Gasteiger partial charge on any atom is 0.245 e. The number of likely N-dealkylation sites (N-methyl/N-ethyl adjacent to an activating group) is 2. The maximum atomic E-state index is 12.6. The van der Waals surface area contributed by atoms with E-state index in [2.05, 4.69) is 42.3 Å². The molecule has 0 saturated carbocycles. The minimum Gasteiger partial charge on any atom is -0.318 e. The van der Waals surface area contributed by atoms with Crippen LogP contribution in [0.15, 0.2) is 18.2 Å². The number of nitrogens with one attached hydrogen (secondary N) is 1. The standard InChI is InChI=1S/C15H23N3O/c1-11-7-12(2)9-13(8-11)18-6-5-17(4)14(10-16-3)15(18)19/h7-9,14,16H,5-6,10H2,1-4H3. The maximum absolute atomic E-state index is 12.6. The second kappa shape index (κ2) is 5.72. The quantitative estimate of drug-likeness (QED) is 0.887. The highest BCUT2D eigenvalue weighted by Crippen LogP contribution is 2.22. The molecule has 0 aliphatic carbocycles. The summed E-state index contributed by atoms with van der Waals surface area (Å²) < 4.78 is 0. The lowest BCUT2D eigenvalue weighted by Gasteiger charge is -2.38. The highest BCUT2D eigenvalue weighted by Gasteiger charge is 2.32. The van der Waals surface area contributed by atoms with Crippen LogP contribution in [0.1, 0.15) is 11.1 Å². The molecule has 4 heteroatoms. The van der Waals surface area contributed by atoms with Gasteiger partial charge in [0.2, 0.25) is 5.91 Å². The van der Waals surface area contributed by atoms with E-state index in [9.17, 15) is 4.79 Å². The van der Waals surface area contributed by atoms with Crippen molar-refractivity contribution >= 4 is 11.6 Å². The highest BCUT2D eigenvalue weighted by atomic mass is 16.2. The van der Waals surface area contributed by atoms with E-state index in [1.807, 2.05) is 19.0 Å². The molecule has 1 unspecified atom stereocenters. The van der Waals surface area contributed by atoms with Crippen molar-refractivity contribution in [2.75, 3.05) is 38.6 Å².